The van der Waals surface area contributed by atoms with Crippen molar-refractivity contribution in [2.24, 2.45) is 0 Å². The average Bonchev–Trinajstić information content (AvgIpc) is 4.20. The van der Waals surface area contributed by atoms with Gasteiger partial charge in [-0.05, 0) is 77.4 Å². The molecule has 0 atom stereocenters. The topological polar surface area (TPSA) is 83.0 Å². The highest BCUT2D eigenvalue weighted by Gasteiger charge is 2.21. The summed E-state index contributed by atoms with van der Waals surface area (Å²) in [5.41, 5.74) is 15.1. The van der Waals surface area contributed by atoms with Crippen molar-refractivity contribution >= 4 is 87.6 Å². The average molecular weight is 897 g/mol. The first-order valence-electron chi connectivity index (χ1n) is 23.4. The van der Waals surface area contributed by atoms with Crippen molar-refractivity contribution in [3.63, 3.8) is 0 Å². The Morgan fingerprint density at radius 3 is 1.53 bits per heavy atom. The zero-order valence-electron chi connectivity index (χ0n) is 37.3. The summed E-state index contributed by atoms with van der Waals surface area (Å²) < 4.78 is 21.9. The lowest BCUT2D eigenvalue weighted by Crippen LogP contribution is -2.00. The number of furan rings is 3. The van der Waals surface area contributed by atoms with Crippen LogP contribution in [0.15, 0.2) is 232 Å². The van der Waals surface area contributed by atoms with Gasteiger partial charge in [0.25, 0.3) is 0 Å². The molecule has 0 spiro atoms. The SMILES string of the molecule is c1ccc(-c2nc(-c3ccc(-c4cccc5c4oc4ccccc45)cc3)nc(-c3cccc4oc5ccc(-c6cccc7oc8ccc(-n9c%10ccccc%10c%10ccccc%109)cc8c67)cc5c34)n2)cc1. The lowest BCUT2D eigenvalue weighted by Gasteiger charge is -2.10. The molecule has 15 rings (SSSR count). The van der Waals surface area contributed by atoms with Gasteiger partial charge >= 0.3 is 0 Å². The van der Waals surface area contributed by atoms with Gasteiger partial charge in [-0.15, -0.1) is 0 Å². The molecule has 15 aromatic rings. The van der Waals surface area contributed by atoms with Crippen LogP contribution in [0.2, 0.25) is 0 Å². The number of fused-ring (bicyclic) bond motifs is 12. The monoisotopic (exact) mass is 896 g/mol. The van der Waals surface area contributed by atoms with Gasteiger partial charge in [0.15, 0.2) is 17.5 Å². The molecule has 0 saturated carbocycles. The predicted molar refractivity (Wildman–Crippen MR) is 283 cm³/mol. The Hall–Kier alpha value is -9.59. The lowest BCUT2D eigenvalue weighted by atomic mass is 9.97. The third-order valence-electron chi connectivity index (χ3n) is 13.9. The summed E-state index contributed by atoms with van der Waals surface area (Å²) in [6.45, 7) is 0. The molecule has 0 radical (unpaired) electrons. The summed E-state index contributed by atoms with van der Waals surface area (Å²) in [5, 5.41) is 8.65. The van der Waals surface area contributed by atoms with E-state index in [-0.39, 0.29) is 0 Å². The Morgan fingerprint density at radius 1 is 0.286 bits per heavy atom. The van der Waals surface area contributed by atoms with Crippen LogP contribution in [0.25, 0.3) is 150 Å². The normalized spacial score (nSPS) is 12.0. The van der Waals surface area contributed by atoms with E-state index < -0.39 is 0 Å². The molecule has 0 N–H and O–H groups in total. The number of hydrogen-bond donors (Lipinski definition) is 0. The first-order valence-corrected chi connectivity index (χ1v) is 23.4. The lowest BCUT2D eigenvalue weighted by molar-refractivity contribution is 0.669. The second-order valence-corrected chi connectivity index (χ2v) is 17.9. The minimum absolute atomic E-state index is 0.555. The van der Waals surface area contributed by atoms with Crippen LogP contribution >= 0.6 is 0 Å². The van der Waals surface area contributed by atoms with Crippen LogP contribution in [0.1, 0.15) is 0 Å². The molecule has 0 bridgehead atoms. The minimum Gasteiger partial charge on any atom is -0.456 e. The quantitative estimate of drug-likeness (QED) is 0.165. The van der Waals surface area contributed by atoms with Crippen molar-refractivity contribution in [2.75, 3.05) is 0 Å². The molecule has 0 aliphatic heterocycles. The number of hydrogen-bond acceptors (Lipinski definition) is 6. The molecule has 7 nitrogen and oxygen atoms in total. The number of nitrogens with zero attached hydrogens (tertiary/aromatic N) is 4. The first-order chi connectivity index (χ1) is 34.7. The second kappa shape index (κ2) is 15.0. The molecule has 0 aliphatic rings. The fourth-order valence-corrected chi connectivity index (χ4v) is 10.7. The van der Waals surface area contributed by atoms with Crippen LogP contribution in [0, 0.1) is 0 Å². The molecule has 7 heteroatoms. The van der Waals surface area contributed by atoms with E-state index in [9.17, 15) is 0 Å². The van der Waals surface area contributed by atoms with Crippen molar-refractivity contribution < 1.29 is 13.3 Å². The van der Waals surface area contributed by atoms with E-state index >= 15 is 0 Å². The summed E-state index contributed by atoms with van der Waals surface area (Å²) in [6, 6.07) is 75.6. The molecule has 0 saturated heterocycles. The third-order valence-corrected chi connectivity index (χ3v) is 13.9. The van der Waals surface area contributed by atoms with Crippen LogP contribution in [-0.2, 0) is 0 Å². The maximum Gasteiger partial charge on any atom is 0.164 e. The van der Waals surface area contributed by atoms with Crippen molar-refractivity contribution in [3.8, 4) is 62.1 Å². The number of para-hydroxylation sites is 4. The van der Waals surface area contributed by atoms with Gasteiger partial charge in [0, 0.05) is 71.0 Å². The van der Waals surface area contributed by atoms with Gasteiger partial charge in [0.1, 0.15) is 33.5 Å². The molecule has 5 aromatic heterocycles. The van der Waals surface area contributed by atoms with E-state index in [1.54, 1.807) is 0 Å². The standard InChI is InChI=1S/C63H36N4O3/c1-2-13-38(14-3-1)61-64-62(39-29-27-37(28-30-39)43-19-10-20-47-46-17-6-9-24-53(46)70-60(43)47)66-63(65-61)48-21-12-26-57-59(48)49-35-40(31-33-54(49)68-57)42-18-11-25-56-58(42)50-36-41(32-34-55(50)69-56)67-51-22-7-4-15-44(51)45-16-5-8-23-52(45)67/h1-36H. The molecule has 10 aromatic carbocycles. The van der Waals surface area contributed by atoms with Crippen molar-refractivity contribution in [3.05, 3.63) is 218 Å². The van der Waals surface area contributed by atoms with Gasteiger partial charge in [-0.1, -0.05) is 158 Å². The third kappa shape index (κ3) is 5.85. The molecule has 70 heavy (non-hydrogen) atoms. The van der Waals surface area contributed by atoms with E-state index in [0.717, 1.165) is 121 Å². The van der Waals surface area contributed by atoms with Crippen LogP contribution in [0.4, 0.5) is 0 Å². The van der Waals surface area contributed by atoms with Gasteiger partial charge in [-0.2, -0.15) is 0 Å². The number of benzene rings is 10. The van der Waals surface area contributed by atoms with E-state index in [0.29, 0.717) is 17.5 Å². The van der Waals surface area contributed by atoms with Gasteiger partial charge in [-0.3, -0.25) is 0 Å². The fraction of sp³-hybridized carbons (Fsp3) is 0. The van der Waals surface area contributed by atoms with Gasteiger partial charge in [-0.25, -0.2) is 15.0 Å². The Morgan fingerprint density at radius 2 is 0.786 bits per heavy atom. The van der Waals surface area contributed by atoms with E-state index in [1.807, 2.05) is 60.7 Å². The van der Waals surface area contributed by atoms with Crippen molar-refractivity contribution in [1.29, 1.82) is 0 Å². The summed E-state index contributed by atoms with van der Waals surface area (Å²) in [7, 11) is 0. The molecule has 326 valence electrons. The van der Waals surface area contributed by atoms with Crippen LogP contribution in [-0.4, -0.2) is 19.5 Å². The largest absolute Gasteiger partial charge is 0.456 e. The number of aromatic nitrogens is 4. The van der Waals surface area contributed by atoms with Crippen LogP contribution in [0.5, 0.6) is 0 Å². The van der Waals surface area contributed by atoms with Crippen LogP contribution < -0.4 is 0 Å². The Labute approximate surface area is 399 Å². The maximum absolute atomic E-state index is 6.61. The Bertz CT molecular complexity index is 4540. The summed E-state index contributed by atoms with van der Waals surface area (Å²) in [5.74, 6) is 1.71. The zero-order valence-corrected chi connectivity index (χ0v) is 37.3. The first kappa shape index (κ1) is 38.5. The summed E-state index contributed by atoms with van der Waals surface area (Å²) in [4.78, 5) is 15.5. The highest BCUT2D eigenvalue weighted by atomic mass is 16.3. The minimum atomic E-state index is 0.555. The van der Waals surface area contributed by atoms with Gasteiger partial charge in [0.05, 0.1) is 11.0 Å². The van der Waals surface area contributed by atoms with Crippen molar-refractivity contribution in [2.45, 2.75) is 0 Å². The molecule has 5 heterocycles. The molecular formula is C63H36N4O3. The highest BCUT2D eigenvalue weighted by Crippen LogP contribution is 2.43. The van der Waals surface area contributed by atoms with Crippen LogP contribution in [0.3, 0.4) is 0 Å². The maximum atomic E-state index is 6.61. The summed E-state index contributed by atoms with van der Waals surface area (Å²) >= 11 is 0. The highest BCUT2D eigenvalue weighted by molar-refractivity contribution is 6.17. The second-order valence-electron chi connectivity index (χ2n) is 17.9. The zero-order chi connectivity index (χ0) is 45.9. The molecule has 0 aliphatic carbocycles. The molecule has 0 unspecified atom stereocenters. The van der Waals surface area contributed by atoms with Crippen molar-refractivity contribution in [1.82, 2.24) is 19.5 Å². The van der Waals surface area contributed by atoms with Gasteiger partial charge in [0.2, 0.25) is 0 Å². The van der Waals surface area contributed by atoms with E-state index in [2.05, 4.69) is 162 Å². The van der Waals surface area contributed by atoms with Gasteiger partial charge < -0.3 is 17.8 Å². The summed E-state index contributed by atoms with van der Waals surface area (Å²) in [6.07, 6.45) is 0. The van der Waals surface area contributed by atoms with E-state index in [4.69, 9.17) is 28.2 Å². The predicted octanol–water partition coefficient (Wildman–Crippen LogP) is 17.0. The fourth-order valence-electron chi connectivity index (χ4n) is 10.7. The molecule has 0 fully saturated rings. The van der Waals surface area contributed by atoms with E-state index in [1.165, 1.54) is 10.8 Å². The molecular weight excluding hydrogens is 861 g/mol. The Kier molecular flexibility index (Phi) is 8.23. The number of rotatable bonds is 6. The Balaban J connectivity index is 0.873. The smallest absolute Gasteiger partial charge is 0.164 e. The molecule has 0 amide bonds.